The molecule has 0 unspecified atom stereocenters. The fraction of sp³-hybridized carbons (Fsp3) is 0.733. The van der Waals surface area contributed by atoms with E-state index in [9.17, 15) is 9.59 Å². The summed E-state index contributed by atoms with van der Waals surface area (Å²) < 4.78 is 0. The molecule has 1 amide bonds. The lowest BCUT2D eigenvalue weighted by Crippen LogP contribution is -2.44. The zero-order valence-corrected chi connectivity index (χ0v) is 11.4. The van der Waals surface area contributed by atoms with Gasteiger partial charge in [-0.05, 0) is 44.4 Å². The van der Waals surface area contributed by atoms with Gasteiger partial charge in [0.05, 0.1) is 0 Å². The maximum Gasteiger partial charge on any atom is 0.303 e. The Bertz CT molecular complexity index is 364. The SMILES string of the molecule is O=C(O)CC[C@H]1CCCCN1C(=O)C[C@H]1C=CCC1. The number of aliphatic carboxylic acids is 1. The summed E-state index contributed by atoms with van der Waals surface area (Å²) in [7, 11) is 0. The van der Waals surface area contributed by atoms with Crippen LogP contribution in [0.2, 0.25) is 0 Å². The molecule has 0 saturated carbocycles. The first kappa shape index (κ1) is 14.1. The number of hydrogen-bond donors (Lipinski definition) is 1. The second-order valence-electron chi connectivity index (χ2n) is 5.64. The van der Waals surface area contributed by atoms with Crippen LogP contribution in [0.5, 0.6) is 0 Å². The van der Waals surface area contributed by atoms with Crippen molar-refractivity contribution in [3.8, 4) is 0 Å². The van der Waals surface area contributed by atoms with Crippen LogP contribution in [0.1, 0.15) is 51.4 Å². The number of hydrogen-bond acceptors (Lipinski definition) is 2. The molecular formula is C15H23NO3. The van der Waals surface area contributed by atoms with E-state index in [4.69, 9.17) is 5.11 Å². The summed E-state index contributed by atoms with van der Waals surface area (Å²) in [6, 6.07) is 0.141. The van der Waals surface area contributed by atoms with E-state index < -0.39 is 5.97 Å². The molecule has 2 atom stereocenters. The predicted molar refractivity (Wildman–Crippen MR) is 72.7 cm³/mol. The molecule has 0 bridgehead atoms. The highest BCUT2D eigenvalue weighted by Gasteiger charge is 2.28. The summed E-state index contributed by atoms with van der Waals surface area (Å²) >= 11 is 0. The van der Waals surface area contributed by atoms with Gasteiger partial charge in [-0.3, -0.25) is 9.59 Å². The maximum atomic E-state index is 12.4. The third-order valence-corrected chi connectivity index (χ3v) is 4.19. The molecule has 0 radical (unpaired) electrons. The van der Waals surface area contributed by atoms with Crippen molar-refractivity contribution in [2.45, 2.75) is 57.4 Å². The number of likely N-dealkylation sites (tertiary alicyclic amines) is 1. The van der Waals surface area contributed by atoms with E-state index in [0.717, 1.165) is 38.6 Å². The van der Waals surface area contributed by atoms with Crippen LogP contribution >= 0.6 is 0 Å². The first-order chi connectivity index (χ1) is 9.16. The molecule has 4 nitrogen and oxygen atoms in total. The van der Waals surface area contributed by atoms with E-state index in [1.54, 1.807) is 0 Å². The molecule has 2 rings (SSSR count). The highest BCUT2D eigenvalue weighted by atomic mass is 16.4. The van der Waals surface area contributed by atoms with Crippen LogP contribution in [0, 0.1) is 5.92 Å². The van der Waals surface area contributed by atoms with Gasteiger partial charge in [0.2, 0.25) is 5.91 Å². The topological polar surface area (TPSA) is 57.6 Å². The lowest BCUT2D eigenvalue weighted by Gasteiger charge is -2.36. The molecule has 1 saturated heterocycles. The molecule has 4 heteroatoms. The minimum Gasteiger partial charge on any atom is -0.481 e. The molecule has 1 N–H and O–H groups in total. The number of amides is 1. The molecular weight excluding hydrogens is 242 g/mol. The van der Waals surface area contributed by atoms with Gasteiger partial charge in [-0.2, -0.15) is 0 Å². The van der Waals surface area contributed by atoms with Crippen LogP contribution in [0.3, 0.4) is 0 Å². The highest BCUT2D eigenvalue weighted by molar-refractivity contribution is 5.77. The number of carbonyl (C=O) groups excluding carboxylic acids is 1. The van der Waals surface area contributed by atoms with Gasteiger partial charge in [0.15, 0.2) is 0 Å². The average molecular weight is 265 g/mol. The van der Waals surface area contributed by atoms with Gasteiger partial charge < -0.3 is 10.0 Å². The van der Waals surface area contributed by atoms with Crippen molar-refractivity contribution in [2.75, 3.05) is 6.54 Å². The van der Waals surface area contributed by atoms with E-state index in [1.807, 2.05) is 4.90 Å². The number of nitrogens with zero attached hydrogens (tertiary/aromatic N) is 1. The number of carboxylic acids is 1. The standard InChI is InChI=1S/C15H23NO3/c17-14(11-12-5-1-2-6-12)16-10-4-3-7-13(16)8-9-15(18)19/h1,5,12-13H,2-4,6-11H2,(H,18,19)/t12-,13+/m0/s1. The second kappa shape index (κ2) is 6.73. The Morgan fingerprint density at radius 2 is 2.11 bits per heavy atom. The lowest BCUT2D eigenvalue weighted by atomic mass is 9.96. The molecule has 106 valence electrons. The summed E-state index contributed by atoms with van der Waals surface area (Å²) in [4.78, 5) is 25.0. The van der Waals surface area contributed by atoms with Gasteiger partial charge in [-0.25, -0.2) is 0 Å². The Kier molecular flexibility index (Phi) is 5.00. The minimum absolute atomic E-state index is 0.141. The van der Waals surface area contributed by atoms with Crippen molar-refractivity contribution in [3.63, 3.8) is 0 Å². The number of piperidine rings is 1. The molecule has 2 aliphatic rings. The molecule has 1 aliphatic carbocycles. The summed E-state index contributed by atoms with van der Waals surface area (Å²) in [6.45, 7) is 0.805. The van der Waals surface area contributed by atoms with Crippen LogP contribution in [-0.4, -0.2) is 34.5 Å². The molecule has 0 aromatic rings. The van der Waals surface area contributed by atoms with Crippen molar-refractivity contribution in [3.05, 3.63) is 12.2 Å². The predicted octanol–water partition coefficient (Wildman–Crippen LogP) is 2.59. The molecule has 1 heterocycles. The Morgan fingerprint density at radius 1 is 1.26 bits per heavy atom. The van der Waals surface area contributed by atoms with Gasteiger partial charge in [-0.1, -0.05) is 12.2 Å². The van der Waals surface area contributed by atoms with Gasteiger partial charge in [-0.15, -0.1) is 0 Å². The summed E-state index contributed by atoms with van der Waals surface area (Å²) in [5.74, 6) is -0.155. The lowest BCUT2D eigenvalue weighted by molar-refractivity contribution is -0.140. The molecule has 0 spiro atoms. The van der Waals surface area contributed by atoms with Gasteiger partial charge in [0.1, 0.15) is 0 Å². The monoisotopic (exact) mass is 265 g/mol. The van der Waals surface area contributed by atoms with Crippen molar-refractivity contribution in [2.24, 2.45) is 5.92 Å². The molecule has 19 heavy (non-hydrogen) atoms. The molecule has 0 aromatic carbocycles. The maximum absolute atomic E-state index is 12.4. The molecule has 1 fully saturated rings. The average Bonchev–Trinajstić information content (AvgIpc) is 2.89. The Morgan fingerprint density at radius 3 is 2.79 bits per heavy atom. The summed E-state index contributed by atoms with van der Waals surface area (Å²) in [5, 5.41) is 8.79. The van der Waals surface area contributed by atoms with Crippen LogP contribution in [0.25, 0.3) is 0 Å². The van der Waals surface area contributed by atoms with E-state index in [2.05, 4.69) is 12.2 Å². The second-order valence-corrected chi connectivity index (χ2v) is 5.64. The van der Waals surface area contributed by atoms with E-state index in [1.165, 1.54) is 0 Å². The smallest absolute Gasteiger partial charge is 0.303 e. The molecule has 1 aliphatic heterocycles. The number of rotatable bonds is 5. The van der Waals surface area contributed by atoms with Crippen LogP contribution < -0.4 is 0 Å². The van der Waals surface area contributed by atoms with Crippen LogP contribution in [0.4, 0.5) is 0 Å². The fourth-order valence-electron chi connectivity index (χ4n) is 3.13. The number of carbonyl (C=O) groups is 2. The van der Waals surface area contributed by atoms with Gasteiger partial charge >= 0.3 is 5.97 Å². The summed E-state index contributed by atoms with van der Waals surface area (Å²) in [6.07, 6.45) is 10.9. The van der Waals surface area contributed by atoms with Crippen molar-refractivity contribution in [1.82, 2.24) is 4.90 Å². The quantitative estimate of drug-likeness (QED) is 0.777. The normalized spacial score (nSPS) is 26.6. The minimum atomic E-state index is -0.767. The summed E-state index contributed by atoms with van der Waals surface area (Å²) in [5.41, 5.74) is 0. The molecule has 0 aromatic heterocycles. The Hall–Kier alpha value is -1.32. The first-order valence-electron chi connectivity index (χ1n) is 7.34. The van der Waals surface area contributed by atoms with Crippen molar-refractivity contribution < 1.29 is 14.7 Å². The highest BCUT2D eigenvalue weighted by Crippen LogP contribution is 2.26. The largest absolute Gasteiger partial charge is 0.481 e. The number of allylic oxidation sites excluding steroid dienone is 2. The van der Waals surface area contributed by atoms with Gasteiger partial charge in [0, 0.05) is 25.4 Å². The Labute approximate surface area is 114 Å². The van der Waals surface area contributed by atoms with Crippen molar-refractivity contribution >= 4 is 11.9 Å². The zero-order valence-electron chi connectivity index (χ0n) is 11.4. The third-order valence-electron chi connectivity index (χ3n) is 4.19. The first-order valence-corrected chi connectivity index (χ1v) is 7.34. The van der Waals surface area contributed by atoms with E-state index >= 15 is 0 Å². The fourth-order valence-corrected chi connectivity index (χ4v) is 3.13. The van der Waals surface area contributed by atoms with E-state index in [-0.39, 0.29) is 18.4 Å². The third kappa shape index (κ3) is 4.08. The van der Waals surface area contributed by atoms with Crippen LogP contribution in [-0.2, 0) is 9.59 Å². The zero-order chi connectivity index (χ0) is 13.7. The van der Waals surface area contributed by atoms with E-state index in [0.29, 0.717) is 18.8 Å². The van der Waals surface area contributed by atoms with Crippen LogP contribution in [0.15, 0.2) is 12.2 Å². The van der Waals surface area contributed by atoms with Crippen molar-refractivity contribution in [1.29, 1.82) is 0 Å². The van der Waals surface area contributed by atoms with Gasteiger partial charge in [0.25, 0.3) is 0 Å². The Balaban J connectivity index is 1.88. The number of carboxylic acid groups (broad SMARTS) is 1.